The number of carbonyl (C=O) groups excluding carboxylic acids is 3. The average molecular weight is 498 g/mol. The van der Waals surface area contributed by atoms with Gasteiger partial charge in [-0.1, -0.05) is 0 Å². The third kappa shape index (κ3) is 6.03. The van der Waals surface area contributed by atoms with E-state index in [1.54, 1.807) is 16.8 Å². The number of nitrogens with two attached hydrogens (primary N) is 1. The summed E-state index contributed by atoms with van der Waals surface area (Å²) in [5.41, 5.74) is 7.01. The minimum Gasteiger partial charge on any atom is -0.380 e. The molecule has 11 nitrogen and oxygen atoms in total. The Morgan fingerprint density at radius 3 is 2.80 bits per heavy atom. The molecule has 0 bridgehead atoms. The lowest BCUT2D eigenvalue weighted by Gasteiger charge is -2.10. The van der Waals surface area contributed by atoms with Crippen molar-refractivity contribution >= 4 is 46.6 Å². The predicted octanol–water partition coefficient (Wildman–Crippen LogP) is 1.76. The van der Waals surface area contributed by atoms with Gasteiger partial charge in [-0.3, -0.25) is 14.4 Å². The van der Waals surface area contributed by atoms with Gasteiger partial charge in [0.15, 0.2) is 5.65 Å². The van der Waals surface area contributed by atoms with Crippen LogP contribution in [0.25, 0.3) is 22.3 Å². The lowest BCUT2D eigenvalue weighted by molar-refractivity contribution is -0.121. The van der Waals surface area contributed by atoms with Crippen molar-refractivity contribution in [3.05, 3.63) is 40.5 Å². The van der Waals surface area contributed by atoms with Crippen LogP contribution in [0, 0.1) is 0 Å². The molecular weight excluding hydrogens is 470 g/mol. The number of thiophene rings is 1. The molecule has 1 fully saturated rings. The van der Waals surface area contributed by atoms with E-state index in [2.05, 4.69) is 21.0 Å². The van der Waals surface area contributed by atoms with E-state index < -0.39 is 11.8 Å². The highest BCUT2D eigenvalue weighted by atomic mass is 32.1. The van der Waals surface area contributed by atoms with E-state index in [9.17, 15) is 14.4 Å². The Hall–Kier alpha value is -3.77. The summed E-state index contributed by atoms with van der Waals surface area (Å²) in [7, 11) is 0. The van der Waals surface area contributed by atoms with E-state index in [-0.39, 0.29) is 11.6 Å². The summed E-state index contributed by atoms with van der Waals surface area (Å²) in [5.74, 6) is -0.622. The third-order valence-corrected chi connectivity index (χ3v) is 6.23. The van der Waals surface area contributed by atoms with E-state index in [1.807, 2.05) is 19.1 Å². The van der Waals surface area contributed by atoms with Gasteiger partial charge in [-0.2, -0.15) is 9.61 Å². The number of aromatic nitrogens is 3. The first-order valence-electron chi connectivity index (χ1n) is 11.3. The first-order chi connectivity index (χ1) is 16.9. The minimum atomic E-state index is -0.773. The van der Waals surface area contributed by atoms with Crippen LogP contribution in [0.1, 0.15) is 41.9 Å². The van der Waals surface area contributed by atoms with Crippen molar-refractivity contribution in [3.8, 4) is 10.6 Å². The van der Waals surface area contributed by atoms with Crippen LogP contribution in [0.5, 0.6) is 0 Å². The van der Waals surface area contributed by atoms with Crippen LogP contribution in [-0.2, 0) is 14.3 Å². The smallest absolute Gasteiger partial charge is 0.265 e. The van der Waals surface area contributed by atoms with Gasteiger partial charge in [-0.25, -0.2) is 4.98 Å². The molecule has 184 valence electrons. The first kappa shape index (κ1) is 24.4. The molecule has 1 aliphatic carbocycles. The van der Waals surface area contributed by atoms with E-state index in [0.717, 1.165) is 23.5 Å². The molecule has 0 aliphatic heterocycles. The second-order valence-corrected chi connectivity index (χ2v) is 9.08. The van der Waals surface area contributed by atoms with E-state index in [0.29, 0.717) is 47.6 Å². The molecule has 0 unspecified atom stereocenters. The van der Waals surface area contributed by atoms with Crippen molar-refractivity contribution in [2.45, 2.75) is 32.7 Å². The maximum absolute atomic E-state index is 12.5. The molecule has 35 heavy (non-hydrogen) atoms. The Morgan fingerprint density at radius 1 is 1.31 bits per heavy atom. The zero-order valence-corrected chi connectivity index (χ0v) is 20.3. The van der Waals surface area contributed by atoms with Crippen LogP contribution in [0.15, 0.2) is 30.1 Å². The number of rotatable bonds is 11. The Balaban J connectivity index is 1.69. The van der Waals surface area contributed by atoms with Gasteiger partial charge in [-0.15, -0.1) is 11.3 Å². The van der Waals surface area contributed by atoms with Crippen LogP contribution < -0.4 is 21.7 Å². The number of hydrogen-bond donors (Lipinski definition) is 4. The molecule has 4 rings (SSSR count). The summed E-state index contributed by atoms with van der Waals surface area (Å²) in [6.07, 6.45) is 5.13. The van der Waals surface area contributed by atoms with Gasteiger partial charge in [0.25, 0.3) is 11.8 Å². The van der Waals surface area contributed by atoms with Gasteiger partial charge in [0.2, 0.25) is 5.91 Å². The Kier molecular flexibility index (Phi) is 7.42. The van der Waals surface area contributed by atoms with E-state index in [1.165, 1.54) is 24.3 Å². The van der Waals surface area contributed by atoms with Gasteiger partial charge in [0.1, 0.15) is 11.5 Å². The van der Waals surface area contributed by atoms with Crippen LogP contribution in [-0.4, -0.2) is 58.1 Å². The number of carbonyl (C=O) groups is 3. The normalized spacial score (nSPS) is 13.6. The number of anilines is 1. The Bertz CT molecular complexity index is 1290. The molecular formula is C23H27N7O4S. The highest BCUT2D eigenvalue weighted by molar-refractivity contribution is 7.17. The molecule has 3 aromatic heterocycles. The zero-order chi connectivity index (χ0) is 24.9. The monoisotopic (exact) mass is 497 g/mol. The lowest BCUT2D eigenvalue weighted by Crippen LogP contribution is -2.29. The molecule has 1 saturated carbocycles. The van der Waals surface area contributed by atoms with Gasteiger partial charge >= 0.3 is 0 Å². The van der Waals surface area contributed by atoms with Crippen LogP contribution in [0.2, 0.25) is 0 Å². The molecule has 0 radical (unpaired) electrons. The largest absolute Gasteiger partial charge is 0.380 e. The van der Waals surface area contributed by atoms with Gasteiger partial charge < -0.3 is 26.4 Å². The second-order valence-electron chi connectivity index (χ2n) is 8.00. The van der Waals surface area contributed by atoms with Crippen LogP contribution in [0.4, 0.5) is 5.82 Å². The van der Waals surface area contributed by atoms with Crippen LogP contribution in [0.3, 0.4) is 0 Å². The van der Waals surface area contributed by atoms with E-state index in [4.69, 9.17) is 15.5 Å². The third-order valence-electron chi connectivity index (χ3n) is 5.12. The maximum atomic E-state index is 12.5. The van der Waals surface area contributed by atoms with Gasteiger partial charge in [0.05, 0.1) is 28.3 Å². The molecule has 1 aliphatic rings. The fourth-order valence-corrected chi connectivity index (χ4v) is 4.21. The fourth-order valence-electron chi connectivity index (χ4n) is 3.33. The number of primary amides is 1. The quantitative estimate of drug-likeness (QED) is 0.233. The molecule has 0 saturated heterocycles. The fraction of sp³-hybridized carbons (Fsp3) is 0.348. The summed E-state index contributed by atoms with van der Waals surface area (Å²) < 4.78 is 6.91. The Labute approximate surface area is 205 Å². The molecule has 3 heterocycles. The first-order valence-corrected chi connectivity index (χ1v) is 12.1. The molecule has 0 spiro atoms. The topological polar surface area (TPSA) is 153 Å². The summed E-state index contributed by atoms with van der Waals surface area (Å²) in [4.78, 5) is 41.9. The van der Waals surface area contributed by atoms with Crippen LogP contribution >= 0.6 is 11.3 Å². The zero-order valence-electron chi connectivity index (χ0n) is 19.5. The number of nitrogens with one attached hydrogen (secondary N) is 3. The molecule has 5 N–H and O–H groups in total. The summed E-state index contributed by atoms with van der Waals surface area (Å²) in [6, 6.07) is 5.85. The van der Waals surface area contributed by atoms with Crippen molar-refractivity contribution in [1.82, 2.24) is 25.2 Å². The second kappa shape index (κ2) is 10.7. The predicted molar refractivity (Wildman–Crippen MR) is 133 cm³/mol. The number of amides is 3. The van der Waals surface area contributed by atoms with Gasteiger partial charge in [-0.05, 0) is 38.0 Å². The van der Waals surface area contributed by atoms with E-state index >= 15 is 0 Å². The standard InChI is InChI=1S/C23H27N7O4S/c1-3-34-9-8-25-23(33)19-7-6-18(35-19)16-11-20(28-15-4-5-15)30-22(29-16)14(12-26-30)10-17(21(24)32)27-13(2)31/h6-7,10-12,15,28H,3-5,8-9H2,1-2H3,(H2,24,32)(H,25,33)(H,27,31)/b17-10-. The summed E-state index contributed by atoms with van der Waals surface area (Å²) in [5, 5.41) is 13.1. The number of hydrogen-bond acceptors (Lipinski definition) is 8. The summed E-state index contributed by atoms with van der Waals surface area (Å²) in [6.45, 7) is 4.68. The number of nitrogens with zero attached hydrogens (tertiary/aromatic N) is 3. The number of fused-ring (bicyclic) bond motifs is 1. The highest BCUT2D eigenvalue weighted by Crippen LogP contribution is 2.32. The van der Waals surface area contributed by atoms with Crippen molar-refractivity contribution in [2.75, 3.05) is 25.1 Å². The molecule has 0 aromatic carbocycles. The SMILES string of the molecule is CCOCCNC(=O)c1ccc(-c2cc(NC3CC3)n3ncc(/C=C(\NC(C)=O)C(N)=O)c3n2)s1. The lowest BCUT2D eigenvalue weighted by atomic mass is 10.2. The minimum absolute atomic E-state index is 0.0570. The van der Waals surface area contributed by atoms with Gasteiger partial charge in [0, 0.05) is 37.7 Å². The van der Waals surface area contributed by atoms with Crippen molar-refractivity contribution < 1.29 is 19.1 Å². The molecule has 3 aromatic rings. The average Bonchev–Trinajstić information content (AvgIpc) is 3.33. The maximum Gasteiger partial charge on any atom is 0.265 e. The number of ether oxygens (including phenoxy) is 1. The molecule has 0 atom stereocenters. The molecule has 12 heteroatoms. The summed E-state index contributed by atoms with van der Waals surface area (Å²) >= 11 is 1.33. The molecule has 3 amide bonds. The Morgan fingerprint density at radius 2 is 2.11 bits per heavy atom. The highest BCUT2D eigenvalue weighted by Gasteiger charge is 2.24. The van der Waals surface area contributed by atoms with Crippen molar-refractivity contribution in [1.29, 1.82) is 0 Å². The van der Waals surface area contributed by atoms with Crippen molar-refractivity contribution in [2.24, 2.45) is 5.73 Å². The van der Waals surface area contributed by atoms with Crippen molar-refractivity contribution in [3.63, 3.8) is 0 Å².